The van der Waals surface area contributed by atoms with Crippen molar-refractivity contribution in [3.05, 3.63) is 69.2 Å². The molecule has 2 nitrogen and oxygen atoms in total. The van der Waals surface area contributed by atoms with Gasteiger partial charge in [0.25, 0.3) is 5.91 Å². The molecule has 0 spiro atoms. The first-order valence-electron chi connectivity index (χ1n) is 8.36. The van der Waals surface area contributed by atoms with E-state index in [9.17, 15) is 4.79 Å². The maximum Gasteiger partial charge on any atom is 0.252 e. The van der Waals surface area contributed by atoms with E-state index in [1.54, 1.807) is 0 Å². The molecule has 0 aromatic heterocycles. The first-order valence-corrected chi connectivity index (χ1v) is 9.15. The van der Waals surface area contributed by atoms with Crippen LogP contribution < -0.4 is 5.32 Å². The normalized spacial score (nSPS) is 14.9. The number of carbonyl (C=O) groups excluding carboxylic acids is 1. The zero-order chi connectivity index (χ0) is 16.2. The molecule has 0 unspecified atom stereocenters. The number of carbonyl (C=O) groups is 1. The number of fused-ring (bicyclic) bond motifs is 1. The molecule has 2 aromatic rings. The number of nitrogens with one attached hydrogen (secondary N) is 1. The fraction of sp³-hybridized carbons (Fsp3) is 0.350. The van der Waals surface area contributed by atoms with Crippen LogP contribution in [-0.2, 0) is 12.8 Å². The molecule has 0 saturated carbocycles. The van der Waals surface area contributed by atoms with E-state index in [4.69, 9.17) is 0 Å². The van der Waals surface area contributed by atoms with Crippen LogP contribution in [0.4, 0.5) is 0 Å². The average molecular weight is 372 g/mol. The van der Waals surface area contributed by atoms with Gasteiger partial charge in [-0.25, -0.2) is 0 Å². The van der Waals surface area contributed by atoms with Gasteiger partial charge in [-0.1, -0.05) is 37.3 Å². The topological polar surface area (TPSA) is 29.1 Å². The van der Waals surface area contributed by atoms with Crippen molar-refractivity contribution in [2.24, 2.45) is 0 Å². The zero-order valence-corrected chi connectivity index (χ0v) is 15.0. The summed E-state index contributed by atoms with van der Waals surface area (Å²) in [5.41, 5.74) is 4.84. The lowest BCUT2D eigenvalue weighted by Crippen LogP contribution is -2.28. The summed E-state index contributed by atoms with van der Waals surface area (Å²) in [6, 6.07) is 14.3. The van der Waals surface area contributed by atoms with Gasteiger partial charge in [0.2, 0.25) is 0 Å². The summed E-state index contributed by atoms with van der Waals surface area (Å²) in [4.78, 5) is 12.6. The highest BCUT2D eigenvalue weighted by atomic mass is 79.9. The first kappa shape index (κ1) is 16.3. The second-order valence-corrected chi connectivity index (χ2v) is 7.00. The Kier molecular flexibility index (Phi) is 5.16. The molecule has 0 fully saturated rings. The minimum atomic E-state index is -0.0259. The average Bonchev–Trinajstić information content (AvgIpc) is 2.59. The van der Waals surface area contributed by atoms with Crippen molar-refractivity contribution in [2.75, 3.05) is 0 Å². The molecule has 0 aliphatic heterocycles. The van der Waals surface area contributed by atoms with E-state index in [-0.39, 0.29) is 11.9 Å². The highest BCUT2D eigenvalue weighted by molar-refractivity contribution is 9.10. The summed E-state index contributed by atoms with van der Waals surface area (Å²) in [5.74, 6) is -0.0259. The largest absolute Gasteiger partial charge is 0.345 e. The smallest absolute Gasteiger partial charge is 0.252 e. The quantitative estimate of drug-likeness (QED) is 0.784. The molecule has 0 radical (unpaired) electrons. The number of hydrogen-bond donors (Lipinski definition) is 1. The zero-order valence-electron chi connectivity index (χ0n) is 13.4. The van der Waals surface area contributed by atoms with E-state index in [0.29, 0.717) is 5.56 Å². The first-order chi connectivity index (χ1) is 11.2. The van der Waals surface area contributed by atoms with Gasteiger partial charge in [0, 0.05) is 4.47 Å². The third-order valence-corrected chi connectivity index (χ3v) is 5.30. The van der Waals surface area contributed by atoms with E-state index >= 15 is 0 Å². The van der Waals surface area contributed by atoms with Crippen LogP contribution >= 0.6 is 15.9 Å². The van der Waals surface area contributed by atoms with E-state index in [1.807, 2.05) is 24.3 Å². The standard InChI is InChI=1S/C20H22BrNO/c1-2-19(22-20(23)17-9-5-6-10-18(17)21)16-12-11-14-7-3-4-8-15(14)13-16/h5-6,9-13,19H,2-4,7-8H2,1H3,(H,22,23)/t19-/m0/s1. The molecule has 23 heavy (non-hydrogen) atoms. The molecule has 3 rings (SSSR count). The van der Waals surface area contributed by atoms with Gasteiger partial charge in [-0.3, -0.25) is 4.79 Å². The van der Waals surface area contributed by atoms with Crippen LogP contribution in [0.15, 0.2) is 46.9 Å². The summed E-state index contributed by atoms with van der Waals surface area (Å²) in [6.07, 6.45) is 5.81. The molecule has 1 atom stereocenters. The van der Waals surface area contributed by atoms with Gasteiger partial charge >= 0.3 is 0 Å². The van der Waals surface area contributed by atoms with Crippen molar-refractivity contribution in [1.82, 2.24) is 5.32 Å². The lowest BCUT2D eigenvalue weighted by molar-refractivity contribution is 0.0935. The Morgan fingerprint density at radius 2 is 1.87 bits per heavy atom. The molecule has 0 bridgehead atoms. The van der Waals surface area contributed by atoms with Crippen LogP contribution in [-0.4, -0.2) is 5.91 Å². The van der Waals surface area contributed by atoms with E-state index in [1.165, 1.54) is 36.0 Å². The molecule has 3 heteroatoms. The van der Waals surface area contributed by atoms with Gasteiger partial charge in [-0.15, -0.1) is 0 Å². The lowest BCUT2D eigenvalue weighted by atomic mass is 9.88. The molecule has 2 aromatic carbocycles. The Labute approximate surface area is 146 Å². The number of benzene rings is 2. The molecule has 1 aliphatic carbocycles. The van der Waals surface area contributed by atoms with Crippen LogP contribution in [0.5, 0.6) is 0 Å². The fourth-order valence-corrected chi connectivity index (χ4v) is 3.74. The Bertz CT molecular complexity index is 711. The van der Waals surface area contributed by atoms with Gasteiger partial charge < -0.3 is 5.32 Å². The Morgan fingerprint density at radius 3 is 2.61 bits per heavy atom. The SMILES string of the molecule is CC[C@H](NC(=O)c1ccccc1Br)c1ccc2c(c1)CCCC2. The van der Waals surface area contributed by atoms with E-state index in [0.717, 1.165) is 17.3 Å². The number of rotatable bonds is 4. The summed E-state index contributed by atoms with van der Waals surface area (Å²) in [6.45, 7) is 2.12. The highest BCUT2D eigenvalue weighted by Crippen LogP contribution is 2.26. The van der Waals surface area contributed by atoms with Gasteiger partial charge in [0.15, 0.2) is 0 Å². The number of halogens is 1. The third kappa shape index (κ3) is 3.66. The maximum absolute atomic E-state index is 12.6. The molecule has 0 saturated heterocycles. The minimum Gasteiger partial charge on any atom is -0.345 e. The van der Waals surface area contributed by atoms with Gasteiger partial charge in [0.05, 0.1) is 11.6 Å². The van der Waals surface area contributed by atoms with Crippen molar-refractivity contribution in [3.63, 3.8) is 0 Å². The molecule has 120 valence electrons. The fourth-order valence-electron chi connectivity index (χ4n) is 3.27. The highest BCUT2D eigenvalue weighted by Gasteiger charge is 2.18. The Hall–Kier alpha value is -1.61. The lowest BCUT2D eigenvalue weighted by Gasteiger charge is -2.22. The molecular weight excluding hydrogens is 350 g/mol. The molecule has 1 aliphatic rings. The van der Waals surface area contributed by atoms with Crippen LogP contribution in [0.1, 0.15) is 59.3 Å². The van der Waals surface area contributed by atoms with Gasteiger partial charge in [-0.2, -0.15) is 0 Å². The molecular formula is C20H22BrNO. The van der Waals surface area contributed by atoms with Crippen molar-refractivity contribution in [2.45, 2.75) is 45.1 Å². The van der Waals surface area contributed by atoms with Crippen molar-refractivity contribution >= 4 is 21.8 Å². The Morgan fingerprint density at radius 1 is 1.13 bits per heavy atom. The van der Waals surface area contributed by atoms with E-state index in [2.05, 4.69) is 46.4 Å². The number of aryl methyl sites for hydroxylation is 2. The number of hydrogen-bond acceptors (Lipinski definition) is 1. The monoisotopic (exact) mass is 371 g/mol. The van der Waals surface area contributed by atoms with Crippen molar-refractivity contribution < 1.29 is 4.79 Å². The molecule has 1 N–H and O–H groups in total. The van der Waals surface area contributed by atoms with Crippen molar-refractivity contribution in [3.8, 4) is 0 Å². The predicted molar refractivity (Wildman–Crippen MR) is 97.7 cm³/mol. The molecule has 0 heterocycles. The third-order valence-electron chi connectivity index (χ3n) is 4.61. The number of amides is 1. The van der Waals surface area contributed by atoms with Gasteiger partial charge in [-0.05, 0) is 76.9 Å². The predicted octanol–water partition coefficient (Wildman–Crippen LogP) is 5.21. The van der Waals surface area contributed by atoms with E-state index < -0.39 is 0 Å². The summed E-state index contributed by atoms with van der Waals surface area (Å²) < 4.78 is 0.831. The van der Waals surface area contributed by atoms with Crippen LogP contribution in [0.25, 0.3) is 0 Å². The Balaban J connectivity index is 1.80. The second kappa shape index (κ2) is 7.31. The summed E-state index contributed by atoms with van der Waals surface area (Å²) in [7, 11) is 0. The minimum absolute atomic E-state index is 0.0259. The second-order valence-electron chi connectivity index (χ2n) is 6.15. The van der Waals surface area contributed by atoms with Crippen molar-refractivity contribution in [1.29, 1.82) is 0 Å². The van der Waals surface area contributed by atoms with Gasteiger partial charge in [0.1, 0.15) is 0 Å². The summed E-state index contributed by atoms with van der Waals surface area (Å²) >= 11 is 3.45. The molecule has 1 amide bonds. The van der Waals surface area contributed by atoms with Crippen LogP contribution in [0.3, 0.4) is 0 Å². The summed E-state index contributed by atoms with van der Waals surface area (Å²) in [5, 5.41) is 3.18. The van der Waals surface area contributed by atoms with Crippen LogP contribution in [0.2, 0.25) is 0 Å². The van der Waals surface area contributed by atoms with Crippen LogP contribution in [0, 0.1) is 0 Å². The maximum atomic E-state index is 12.6.